The monoisotopic (exact) mass is 602 g/mol. The minimum absolute atomic E-state index is 0.0529. The van der Waals surface area contributed by atoms with Crippen LogP contribution in [0.3, 0.4) is 0 Å². The molecule has 3 rings (SSSR count). The molecular formula is C40H58O2S. The van der Waals surface area contributed by atoms with Crippen molar-refractivity contribution in [1.82, 2.24) is 0 Å². The van der Waals surface area contributed by atoms with Crippen LogP contribution in [-0.4, -0.2) is 30.8 Å². The van der Waals surface area contributed by atoms with E-state index < -0.39 is 5.60 Å². The van der Waals surface area contributed by atoms with Crippen molar-refractivity contribution in [3.05, 3.63) is 108 Å². The third kappa shape index (κ3) is 12.8. The van der Waals surface area contributed by atoms with Crippen LogP contribution in [0.25, 0.3) is 0 Å². The maximum atomic E-state index is 7.04. The van der Waals surface area contributed by atoms with E-state index in [0.29, 0.717) is 13.2 Å². The number of hydrogen-bond acceptors (Lipinski definition) is 3. The maximum absolute atomic E-state index is 7.04. The predicted molar refractivity (Wildman–Crippen MR) is 188 cm³/mol. The zero-order valence-corrected chi connectivity index (χ0v) is 28.0. The van der Waals surface area contributed by atoms with E-state index in [1.807, 2.05) is 11.8 Å². The second-order valence-corrected chi connectivity index (χ2v) is 13.0. The van der Waals surface area contributed by atoms with Gasteiger partial charge >= 0.3 is 0 Å². The van der Waals surface area contributed by atoms with Crippen molar-refractivity contribution in [3.8, 4) is 0 Å². The van der Waals surface area contributed by atoms with Crippen LogP contribution in [0.2, 0.25) is 0 Å². The van der Waals surface area contributed by atoms with Gasteiger partial charge in [0, 0.05) is 12.4 Å². The molecule has 2 nitrogen and oxygen atoms in total. The third-order valence-corrected chi connectivity index (χ3v) is 9.56. The number of thioether (sulfide) groups is 1. The molecule has 1 unspecified atom stereocenters. The highest BCUT2D eigenvalue weighted by Crippen LogP contribution is 2.40. The topological polar surface area (TPSA) is 18.5 Å². The molecule has 0 amide bonds. The highest BCUT2D eigenvalue weighted by Gasteiger charge is 2.38. The largest absolute Gasteiger partial charge is 0.375 e. The molecular weight excluding hydrogens is 545 g/mol. The van der Waals surface area contributed by atoms with Gasteiger partial charge in [-0.15, -0.1) is 0 Å². The summed E-state index contributed by atoms with van der Waals surface area (Å²) in [4.78, 5) is 0. The molecule has 0 aliphatic rings. The molecule has 0 saturated heterocycles. The summed E-state index contributed by atoms with van der Waals surface area (Å²) in [6, 6.07) is 31.9. The molecule has 236 valence electrons. The Hall–Kier alpha value is -2.07. The molecule has 0 aliphatic carbocycles. The maximum Gasteiger partial charge on any atom is 0.143 e. The van der Waals surface area contributed by atoms with Gasteiger partial charge in [-0.05, 0) is 35.8 Å². The molecule has 3 heteroatoms. The van der Waals surface area contributed by atoms with Gasteiger partial charge in [-0.2, -0.15) is 11.8 Å². The summed E-state index contributed by atoms with van der Waals surface area (Å²) >= 11 is 2.02. The van der Waals surface area contributed by atoms with Crippen LogP contribution < -0.4 is 0 Å². The molecule has 3 aromatic carbocycles. The van der Waals surface area contributed by atoms with E-state index in [-0.39, 0.29) is 6.10 Å². The fraction of sp³-hybridized carbons (Fsp3) is 0.550. The van der Waals surface area contributed by atoms with Crippen molar-refractivity contribution in [2.75, 3.05) is 24.7 Å². The molecule has 0 N–H and O–H groups in total. The molecule has 0 bridgehead atoms. The van der Waals surface area contributed by atoms with Crippen molar-refractivity contribution in [2.45, 2.75) is 115 Å². The number of benzene rings is 3. The van der Waals surface area contributed by atoms with Gasteiger partial charge in [-0.25, -0.2) is 0 Å². The number of unbranched alkanes of at least 4 members (excludes halogenated alkanes) is 13. The fourth-order valence-corrected chi connectivity index (χ4v) is 7.01. The highest BCUT2D eigenvalue weighted by molar-refractivity contribution is 7.99. The molecule has 3 aromatic rings. The van der Waals surface area contributed by atoms with Crippen LogP contribution in [0.4, 0.5) is 0 Å². The van der Waals surface area contributed by atoms with Crippen molar-refractivity contribution >= 4 is 11.8 Å². The first-order chi connectivity index (χ1) is 21.3. The first kappa shape index (κ1) is 35.4. The lowest BCUT2D eigenvalue weighted by molar-refractivity contribution is -0.0539. The second-order valence-electron chi connectivity index (χ2n) is 11.8. The van der Waals surface area contributed by atoms with Crippen molar-refractivity contribution in [1.29, 1.82) is 0 Å². The quantitative estimate of drug-likeness (QED) is 0.0710. The van der Waals surface area contributed by atoms with Crippen LogP contribution in [0.1, 0.15) is 120 Å². The van der Waals surface area contributed by atoms with E-state index in [1.165, 1.54) is 95.6 Å². The summed E-state index contributed by atoms with van der Waals surface area (Å²) in [6.07, 6.45) is 19.7. The van der Waals surface area contributed by atoms with Gasteiger partial charge in [-0.1, -0.05) is 181 Å². The summed E-state index contributed by atoms with van der Waals surface area (Å²) in [5, 5.41) is 0. The number of ether oxygens (including phenoxy) is 2. The van der Waals surface area contributed by atoms with Gasteiger partial charge in [0.25, 0.3) is 0 Å². The summed E-state index contributed by atoms with van der Waals surface area (Å²) < 4.78 is 13.3. The van der Waals surface area contributed by atoms with E-state index in [4.69, 9.17) is 9.47 Å². The van der Waals surface area contributed by atoms with E-state index in [9.17, 15) is 0 Å². The smallest absolute Gasteiger partial charge is 0.143 e. The van der Waals surface area contributed by atoms with Crippen molar-refractivity contribution in [3.63, 3.8) is 0 Å². The normalized spacial score (nSPS) is 12.4. The first-order valence-electron chi connectivity index (χ1n) is 17.3. The lowest BCUT2D eigenvalue weighted by atomic mass is 9.80. The lowest BCUT2D eigenvalue weighted by Gasteiger charge is -2.37. The molecule has 0 fully saturated rings. The first-order valence-corrected chi connectivity index (χ1v) is 18.5. The number of hydrogen-bond donors (Lipinski definition) is 0. The SMILES string of the molecule is CCCCCCCCCCCCCCCCSCC(COC(c1ccccc1)(c1ccccc1)c1ccccc1)OCC. The molecule has 0 heterocycles. The lowest BCUT2D eigenvalue weighted by Crippen LogP contribution is -2.37. The van der Waals surface area contributed by atoms with Gasteiger partial charge in [0.15, 0.2) is 0 Å². The van der Waals surface area contributed by atoms with Gasteiger partial charge < -0.3 is 9.47 Å². The molecule has 0 saturated carbocycles. The molecule has 0 aliphatic heterocycles. The zero-order chi connectivity index (χ0) is 30.3. The van der Waals surface area contributed by atoms with Gasteiger partial charge in [-0.3, -0.25) is 0 Å². The Morgan fingerprint density at radius 3 is 1.33 bits per heavy atom. The Morgan fingerprint density at radius 1 is 0.535 bits per heavy atom. The average molecular weight is 603 g/mol. The second kappa shape index (κ2) is 22.4. The van der Waals surface area contributed by atoms with E-state index in [0.717, 1.165) is 22.4 Å². The molecule has 1 atom stereocenters. The minimum Gasteiger partial charge on any atom is -0.375 e. The minimum atomic E-state index is -0.696. The summed E-state index contributed by atoms with van der Waals surface area (Å²) in [6.45, 7) is 5.62. The number of rotatable bonds is 25. The Bertz CT molecular complexity index is 943. The van der Waals surface area contributed by atoms with E-state index >= 15 is 0 Å². The standard InChI is InChI=1S/C40H58O2S/c1-3-5-6-7-8-9-10-11-12-13-14-15-16-26-33-43-35-39(41-4-2)34-42-40(36-27-20-17-21-28-36,37-29-22-18-23-30-37)38-31-24-19-25-32-38/h17-25,27-32,39H,3-16,26,33-35H2,1-2H3. The summed E-state index contributed by atoms with van der Waals surface area (Å²) in [5.74, 6) is 2.16. The third-order valence-electron chi connectivity index (χ3n) is 8.38. The van der Waals surface area contributed by atoms with Gasteiger partial charge in [0.1, 0.15) is 5.60 Å². The summed E-state index contributed by atoms with van der Waals surface area (Å²) in [5.41, 5.74) is 2.71. The average Bonchev–Trinajstić information content (AvgIpc) is 3.06. The predicted octanol–water partition coefficient (Wildman–Crippen LogP) is 11.6. The summed E-state index contributed by atoms with van der Waals surface area (Å²) in [7, 11) is 0. The molecule has 0 spiro atoms. The van der Waals surface area contributed by atoms with Crippen LogP contribution >= 0.6 is 11.8 Å². The van der Waals surface area contributed by atoms with Gasteiger partial charge in [0.05, 0.1) is 12.7 Å². The highest BCUT2D eigenvalue weighted by atomic mass is 32.2. The molecule has 0 aromatic heterocycles. The van der Waals surface area contributed by atoms with E-state index in [1.54, 1.807) is 0 Å². The van der Waals surface area contributed by atoms with Crippen LogP contribution in [0, 0.1) is 0 Å². The fourth-order valence-electron chi connectivity index (χ4n) is 5.98. The Labute approximate surface area is 268 Å². The van der Waals surface area contributed by atoms with E-state index in [2.05, 4.69) is 105 Å². The Balaban J connectivity index is 1.43. The Kier molecular flexibility index (Phi) is 18.5. The van der Waals surface area contributed by atoms with Gasteiger partial charge in [0.2, 0.25) is 0 Å². The van der Waals surface area contributed by atoms with Crippen molar-refractivity contribution in [2.24, 2.45) is 0 Å². The molecule has 0 radical (unpaired) electrons. The Morgan fingerprint density at radius 2 is 0.930 bits per heavy atom. The van der Waals surface area contributed by atoms with Crippen molar-refractivity contribution < 1.29 is 9.47 Å². The zero-order valence-electron chi connectivity index (χ0n) is 27.2. The van der Waals surface area contributed by atoms with Crippen LogP contribution in [0.15, 0.2) is 91.0 Å². The molecule has 43 heavy (non-hydrogen) atoms. The van der Waals surface area contributed by atoms with Crippen LogP contribution in [0.5, 0.6) is 0 Å². The van der Waals surface area contributed by atoms with Crippen LogP contribution in [-0.2, 0) is 15.1 Å².